The van der Waals surface area contributed by atoms with Gasteiger partial charge < -0.3 is 9.73 Å². The van der Waals surface area contributed by atoms with E-state index in [-0.39, 0.29) is 6.04 Å². The molecule has 0 amide bonds. The molecule has 0 saturated heterocycles. The third kappa shape index (κ3) is 3.68. The van der Waals surface area contributed by atoms with Gasteiger partial charge in [-0.3, -0.25) is 0 Å². The van der Waals surface area contributed by atoms with Crippen molar-refractivity contribution in [1.29, 1.82) is 0 Å². The number of rotatable bonds is 5. The normalized spacial score (nSPS) is 13.4. The molecule has 0 saturated carbocycles. The van der Waals surface area contributed by atoms with Crippen LogP contribution in [0.25, 0.3) is 0 Å². The maximum Gasteiger partial charge on any atom is 0.175 e. The minimum Gasteiger partial charge on any atom is -0.468 e. The van der Waals surface area contributed by atoms with Crippen molar-refractivity contribution in [2.75, 3.05) is 6.26 Å². The molecule has 2 aromatic rings. The number of nitrogens with one attached hydrogen (secondary N) is 1. The summed E-state index contributed by atoms with van der Waals surface area (Å²) >= 11 is 0. The Hall–Kier alpha value is -1.59. The molecule has 1 atom stereocenters. The van der Waals surface area contributed by atoms with Gasteiger partial charge in [0.05, 0.1) is 17.2 Å². The fourth-order valence-corrected chi connectivity index (χ4v) is 2.39. The standard InChI is InChI=1S/C14H17NO3S/c1-11(14-4-3-9-18-14)15-10-12-5-7-13(8-6-12)19(2,16)17/h3-9,11,15H,10H2,1-2H3. The summed E-state index contributed by atoms with van der Waals surface area (Å²) in [6, 6.07) is 10.8. The summed E-state index contributed by atoms with van der Waals surface area (Å²) in [6.07, 6.45) is 2.85. The Bertz CT molecular complexity index is 615. The molecule has 19 heavy (non-hydrogen) atoms. The Labute approximate surface area is 113 Å². The van der Waals surface area contributed by atoms with E-state index in [2.05, 4.69) is 5.32 Å². The molecule has 0 fully saturated rings. The maximum atomic E-state index is 11.3. The molecule has 0 bridgehead atoms. The zero-order valence-electron chi connectivity index (χ0n) is 11.0. The van der Waals surface area contributed by atoms with E-state index < -0.39 is 9.84 Å². The monoisotopic (exact) mass is 279 g/mol. The topological polar surface area (TPSA) is 59.3 Å². The highest BCUT2D eigenvalue weighted by molar-refractivity contribution is 7.90. The van der Waals surface area contributed by atoms with E-state index in [0.29, 0.717) is 11.4 Å². The van der Waals surface area contributed by atoms with Gasteiger partial charge in [0.15, 0.2) is 9.84 Å². The predicted octanol–water partition coefficient (Wildman–Crippen LogP) is 2.53. The van der Waals surface area contributed by atoms with Crippen LogP contribution in [0.4, 0.5) is 0 Å². The lowest BCUT2D eigenvalue weighted by atomic mass is 10.2. The van der Waals surface area contributed by atoms with E-state index >= 15 is 0 Å². The van der Waals surface area contributed by atoms with Crippen molar-refractivity contribution in [3.05, 3.63) is 54.0 Å². The van der Waals surface area contributed by atoms with Crippen LogP contribution in [0.3, 0.4) is 0 Å². The fraction of sp³-hybridized carbons (Fsp3) is 0.286. The fourth-order valence-electron chi connectivity index (χ4n) is 1.76. The summed E-state index contributed by atoms with van der Waals surface area (Å²) < 4.78 is 28.0. The van der Waals surface area contributed by atoms with E-state index in [0.717, 1.165) is 11.3 Å². The Morgan fingerprint density at radius 2 is 1.89 bits per heavy atom. The summed E-state index contributed by atoms with van der Waals surface area (Å²) in [5.41, 5.74) is 1.03. The summed E-state index contributed by atoms with van der Waals surface area (Å²) in [4.78, 5) is 0.343. The van der Waals surface area contributed by atoms with Crippen LogP contribution in [0, 0.1) is 0 Å². The molecule has 0 spiro atoms. The van der Waals surface area contributed by atoms with Crippen LogP contribution in [0.1, 0.15) is 24.3 Å². The van der Waals surface area contributed by atoms with Gasteiger partial charge in [0.1, 0.15) is 5.76 Å². The van der Waals surface area contributed by atoms with Gasteiger partial charge in [-0.25, -0.2) is 8.42 Å². The van der Waals surface area contributed by atoms with Crippen LogP contribution >= 0.6 is 0 Å². The van der Waals surface area contributed by atoms with Gasteiger partial charge in [-0.05, 0) is 36.8 Å². The van der Waals surface area contributed by atoms with Crippen LogP contribution in [0.15, 0.2) is 52.0 Å². The molecular formula is C14H17NO3S. The van der Waals surface area contributed by atoms with E-state index in [9.17, 15) is 8.42 Å². The van der Waals surface area contributed by atoms with Crippen molar-refractivity contribution < 1.29 is 12.8 Å². The molecule has 0 aliphatic rings. The van der Waals surface area contributed by atoms with Crippen molar-refractivity contribution in [2.45, 2.75) is 24.4 Å². The molecule has 4 nitrogen and oxygen atoms in total. The zero-order chi connectivity index (χ0) is 13.9. The van der Waals surface area contributed by atoms with Gasteiger partial charge in [0.2, 0.25) is 0 Å². The second-order valence-corrected chi connectivity index (χ2v) is 6.55. The first-order chi connectivity index (χ1) is 8.97. The predicted molar refractivity (Wildman–Crippen MR) is 73.5 cm³/mol. The Morgan fingerprint density at radius 3 is 2.42 bits per heavy atom. The van der Waals surface area contributed by atoms with Crippen LogP contribution in [0.5, 0.6) is 0 Å². The highest BCUT2D eigenvalue weighted by Crippen LogP contribution is 2.14. The van der Waals surface area contributed by atoms with Gasteiger partial charge in [-0.1, -0.05) is 12.1 Å². The van der Waals surface area contributed by atoms with Crippen molar-refractivity contribution in [1.82, 2.24) is 5.32 Å². The third-order valence-corrected chi connectivity index (χ3v) is 4.06. The molecule has 0 radical (unpaired) electrons. The lowest BCUT2D eigenvalue weighted by molar-refractivity contribution is 0.430. The maximum absolute atomic E-state index is 11.3. The van der Waals surface area contributed by atoms with Gasteiger partial charge in [-0.15, -0.1) is 0 Å². The molecule has 5 heteroatoms. The van der Waals surface area contributed by atoms with Gasteiger partial charge in [-0.2, -0.15) is 0 Å². The van der Waals surface area contributed by atoms with Gasteiger partial charge >= 0.3 is 0 Å². The van der Waals surface area contributed by atoms with Crippen molar-refractivity contribution >= 4 is 9.84 Å². The molecule has 1 N–H and O–H groups in total. The first-order valence-corrected chi connectivity index (χ1v) is 7.92. The van der Waals surface area contributed by atoms with Gasteiger partial charge in [0, 0.05) is 12.8 Å². The highest BCUT2D eigenvalue weighted by atomic mass is 32.2. The number of hydrogen-bond donors (Lipinski definition) is 1. The minimum atomic E-state index is -3.12. The van der Waals surface area contributed by atoms with Crippen LogP contribution in [0.2, 0.25) is 0 Å². The molecule has 1 aromatic carbocycles. The Kier molecular flexibility index (Phi) is 4.07. The average Bonchev–Trinajstić information content (AvgIpc) is 2.89. The van der Waals surface area contributed by atoms with Crippen LogP contribution < -0.4 is 5.32 Å². The van der Waals surface area contributed by atoms with E-state index in [1.54, 1.807) is 18.4 Å². The van der Waals surface area contributed by atoms with Crippen molar-refractivity contribution in [3.8, 4) is 0 Å². The third-order valence-electron chi connectivity index (χ3n) is 2.93. The number of furan rings is 1. The van der Waals surface area contributed by atoms with E-state index in [4.69, 9.17) is 4.42 Å². The second kappa shape index (κ2) is 5.59. The van der Waals surface area contributed by atoms with Crippen LogP contribution in [-0.4, -0.2) is 14.7 Å². The smallest absolute Gasteiger partial charge is 0.175 e. The first-order valence-electron chi connectivity index (χ1n) is 6.02. The van der Waals surface area contributed by atoms with Crippen molar-refractivity contribution in [2.24, 2.45) is 0 Å². The average molecular weight is 279 g/mol. The molecule has 2 rings (SSSR count). The minimum absolute atomic E-state index is 0.115. The number of benzene rings is 1. The summed E-state index contributed by atoms with van der Waals surface area (Å²) in [7, 11) is -3.12. The zero-order valence-corrected chi connectivity index (χ0v) is 11.8. The largest absolute Gasteiger partial charge is 0.468 e. The van der Waals surface area contributed by atoms with Crippen molar-refractivity contribution in [3.63, 3.8) is 0 Å². The summed E-state index contributed by atoms with van der Waals surface area (Å²) in [6.45, 7) is 2.68. The SMILES string of the molecule is CC(NCc1ccc(S(C)(=O)=O)cc1)c1ccco1. The molecule has 1 unspecified atom stereocenters. The second-order valence-electron chi connectivity index (χ2n) is 4.53. The Morgan fingerprint density at radius 1 is 1.21 bits per heavy atom. The van der Waals surface area contributed by atoms with E-state index in [1.165, 1.54) is 6.26 Å². The molecular weight excluding hydrogens is 262 g/mol. The number of hydrogen-bond acceptors (Lipinski definition) is 4. The molecule has 0 aliphatic carbocycles. The molecule has 0 aliphatic heterocycles. The van der Waals surface area contributed by atoms with Gasteiger partial charge in [0.25, 0.3) is 0 Å². The highest BCUT2D eigenvalue weighted by Gasteiger charge is 2.08. The molecule has 1 aromatic heterocycles. The molecule has 1 heterocycles. The quantitative estimate of drug-likeness (QED) is 0.913. The Balaban J connectivity index is 1.97. The molecule has 102 valence electrons. The number of sulfone groups is 1. The summed E-state index contributed by atoms with van der Waals surface area (Å²) in [5.74, 6) is 0.882. The summed E-state index contributed by atoms with van der Waals surface area (Å²) in [5, 5.41) is 3.32. The van der Waals surface area contributed by atoms with E-state index in [1.807, 2.05) is 31.2 Å². The lowest BCUT2D eigenvalue weighted by Gasteiger charge is -2.11. The van der Waals surface area contributed by atoms with Crippen LogP contribution in [-0.2, 0) is 16.4 Å². The lowest BCUT2D eigenvalue weighted by Crippen LogP contribution is -2.17. The first kappa shape index (κ1) is 13.8.